The number of hydrogen-bond acceptors (Lipinski definition) is 8. The summed E-state index contributed by atoms with van der Waals surface area (Å²) in [4.78, 5) is 18.9. The topological polar surface area (TPSA) is 86.6 Å². The Balaban J connectivity index is 1.26. The van der Waals surface area contributed by atoms with Gasteiger partial charge in [0.25, 0.3) is 0 Å². The SMILES string of the molecule is Cc1cccc2cc(O)cc(-c3ncc4c(N5CC6CC(C5)N6)nc(OCC56CCCN5CCC6)nc4c3F)c12. The van der Waals surface area contributed by atoms with E-state index < -0.39 is 5.82 Å². The molecular weight excluding hydrogens is 507 g/mol. The van der Waals surface area contributed by atoms with E-state index in [0.29, 0.717) is 35.5 Å². The summed E-state index contributed by atoms with van der Waals surface area (Å²) in [6.07, 6.45) is 7.42. The Bertz CT molecular complexity index is 1630. The Morgan fingerprint density at radius 2 is 1.90 bits per heavy atom. The van der Waals surface area contributed by atoms with Gasteiger partial charge in [-0.05, 0) is 80.6 Å². The van der Waals surface area contributed by atoms with Crippen molar-refractivity contribution < 1.29 is 14.2 Å². The first-order valence-electron chi connectivity index (χ1n) is 14.5. The molecule has 8 nitrogen and oxygen atoms in total. The van der Waals surface area contributed by atoms with Crippen LogP contribution < -0.4 is 15.0 Å². The van der Waals surface area contributed by atoms with E-state index >= 15 is 4.39 Å². The molecule has 2 unspecified atom stereocenters. The Morgan fingerprint density at radius 3 is 2.67 bits per heavy atom. The average molecular weight is 541 g/mol. The number of pyridine rings is 1. The lowest BCUT2D eigenvalue weighted by atomic mass is 9.91. The number of aromatic hydroxyl groups is 1. The van der Waals surface area contributed by atoms with Crippen molar-refractivity contribution in [1.82, 2.24) is 25.2 Å². The van der Waals surface area contributed by atoms with Crippen LogP contribution in [0.15, 0.2) is 36.5 Å². The van der Waals surface area contributed by atoms with Gasteiger partial charge < -0.3 is 20.1 Å². The number of fused-ring (bicyclic) bond motifs is 5. The van der Waals surface area contributed by atoms with E-state index in [9.17, 15) is 5.11 Å². The minimum atomic E-state index is -0.525. The van der Waals surface area contributed by atoms with Crippen molar-refractivity contribution in [1.29, 1.82) is 0 Å². The first kappa shape index (κ1) is 24.3. The van der Waals surface area contributed by atoms with Gasteiger partial charge in [-0.1, -0.05) is 18.2 Å². The van der Waals surface area contributed by atoms with Gasteiger partial charge in [-0.25, -0.2) is 4.39 Å². The summed E-state index contributed by atoms with van der Waals surface area (Å²) in [5.41, 5.74) is 1.94. The van der Waals surface area contributed by atoms with Gasteiger partial charge in [-0.15, -0.1) is 0 Å². The van der Waals surface area contributed by atoms with Gasteiger partial charge in [-0.2, -0.15) is 9.97 Å². The van der Waals surface area contributed by atoms with Crippen molar-refractivity contribution >= 4 is 27.5 Å². The summed E-state index contributed by atoms with van der Waals surface area (Å²) in [5, 5.41) is 16.3. The van der Waals surface area contributed by atoms with Crippen LogP contribution >= 0.6 is 0 Å². The molecule has 2 bridgehead atoms. The van der Waals surface area contributed by atoms with E-state index in [0.717, 1.165) is 61.8 Å². The monoisotopic (exact) mass is 540 g/mol. The molecule has 2 N–H and O–H groups in total. The van der Waals surface area contributed by atoms with Crippen molar-refractivity contribution in [2.45, 2.75) is 56.7 Å². The highest BCUT2D eigenvalue weighted by atomic mass is 19.1. The molecule has 0 aliphatic carbocycles. The van der Waals surface area contributed by atoms with Crippen molar-refractivity contribution in [2.75, 3.05) is 37.7 Å². The molecule has 206 valence electrons. The number of nitrogens with zero attached hydrogens (tertiary/aromatic N) is 5. The molecule has 9 rings (SSSR count). The van der Waals surface area contributed by atoms with Gasteiger partial charge in [0, 0.05) is 36.9 Å². The third-order valence-corrected chi connectivity index (χ3v) is 9.57. The molecule has 5 aliphatic heterocycles. The number of rotatable bonds is 5. The highest BCUT2D eigenvalue weighted by molar-refractivity contribution is 6.01. The first-order valence-corrected chi connectivity index (χ1v) is 14.5. The Hall–Kier alpha value is -3.56. The fourth-order valence-electron chi connectivity index (χ4n) is 7.65. The molecule has 0 radical (unpaired) electrons. The maximum Gasteiger partial charge on any atom is 0.319 e. The summed E-state index contributed by atoms with van der Waals surface area (Å²) in [6.45, 7) is 6.33. The number of hydrogen-bond donors (Lipinski definition) is 2. The number of aromatic nitrogens is 3. The summed E-state index contributed by atoms with van der Waals surface area (Å²) in [7, 11) is 0. The number of piperazine rings is 1. The number of halogens is 1. The van der Waals surface area contributed by atoms with Crippen LogP contribution in [-0.2, 0) is 0 Å². The van der Waals surface area contributed by atoms with Gasteiger partial charge in [0.15, 0.2) is 5.82 Å². The molecular formula is C31H33FN6O2. The number of phenols is 1. The quantitative estimate of drug-likeness (QED) is 0.381. The van der Waals surface area contributed by atoms with Crippen LogP contribution in [0.1, 0.15) is 37.7 Å². The van der Waals surface area contributed by atoms with Gasteiger partial charge in [0.2, 0.25) is 0 Å². The summed E-state index contributed by atoms with van der Waals surface area (Å²) >= 11 is 0. The van der Waals surface area contributed by atoms with E-state index in [-0.39, 0.29) is 28.5 Å². The molecule has 5 fully saturated rings. The maximum atomic E-state index is 16.6. The molecule has 0 saturated carbocycles. The lowest BCUT2D eigenvalue weighted by molar-refractivity contribution is 0.107. The number of ether oxygens (including phenoxy) is 1. The molecule has 2 atom stereocenters. The average Bonchev–Trinajstić information content (AvgIpc) is 3.52. The Morgan fingerprint density at radius 1 is 1.12 bits per heavy atom. The fraction of sp³-hybridized carbons (Fsp3) is 0.452. The molecule has 7 heterocycles. The molecule has 0 amide bonds. The van der Waals surface area contributed by atoms with Crippen molar-refractivity contribution in [3.8, 4) is 23.0 Å². The van der Waals surface area contributed by atoms with E-state index in [1.165, 1.54) is 12.8 Å². The Kier molecular flexibility index (Phi) is 5.44. The summed E-state index contributed by atoms with van der Waals surface area (Å²) < 4.78 is 22.9. The predicted molar refractivity (Wildman–Crippen MR) is 152 cm³/mol. The van der Waals surface area contributed by atoms with Crippen molar-refractivity contribution in [2.24, 2.45) is 0 Å². The third kappa shape index (κ3) is 3.74. The second-order valence-electron chi connectivity index (χ2n) is 12.1. The summed E-state index contributed by atoms with van der Waals surface area (Å²) in [6, 6.07) is 10.2. The number of anilines is 1. The van der Waals surface area contributed by atoms with Crippen LogP contribution in [0.3, 0.4) is 0 Å². The number of piperidine rings is 1. The number of benzene rings is 2. The van der Waals surface area contributed by atoms with E-state index in [1.54, 1.807) is 18.3 Å². The van der Waals surface area contributed by atoms with E-state index in [2.05, 4.69) is 25.1 Å². The van der Waals surface area contributed by atoms with Gasteiger partial charge in [-0.3, -0.25) is 9.88 Å². The minimum absolute atomic E-state index is 0.0368. The van der Waals surface area contributed by atoms with Crippen LogP contribution in [0.5, 0.6) is 11.8 Å². The molecule has 40 heavy (non-hydrogen) atoms. The van der Waals surface area contributed by atoms with Crippen molar-refractivity contribution in [3.63, 3.8) is 0 Å². The zero-order valence-corrected chi connectivity index (χ0v) is 22.7. The van der Waals surface area contributed by atoms with Crippen LogP contribution in [0, 0.1) is 12.7 Å². The lowest BCUT2D eigenvalue weighted by Crippen LogP contribution is -2.67. The molecule has 5 aliphatic rings. The fourth-order valence-corrected chi connectivity index (χ4v) is 7.65. The van der Waals surface area contributed by atoms with Crippen molar-refractivity contribution in [3.05, 3.63) is 47.9 Å². The lowest BCUT2D eigenvalue weighted by Gasteiger charge is -2.48. The zero-order valence-electron chi connectivity index (χ0n) is 22.7. The predicted octanol–water partition coefficient (Wildman–Crippen LogP) is 4.56. The molecule has 9 heteroatoms. The standard InChI is InChI=1S/C31H33FN6O2/c1-18-5-2-6-19-11-22(39)13-23(25(18)19)27-26(32)28-24(14-33-27)29(37-15-20-12-21(16-37)34-20)36-30(35-28)40-17-31-7-3-9-38(31)10-4-8-31/h2,5-6,11,13-14,20-21,34,39H,3-4,7-10,12,15-17H2,1H3. The Labute approximate surface area is 232 Å². The summed E-state index contributed by atoms with van der Waals surface area (Å²) in [5.74, 6) is 0.222. The number of aryl methyl sites for hydroxylation is 1. The second-order valence-corrected chi connectivity index (χ2v) is 12.1. The molecule has 5 saturated heterocycles. The van der Waals surface area contributed by atoms with Gasteiger partial charge in [0.1, 0.15) is 29.4 Å². The van der Waals surface area contributed by atoms with Crippen LogP contribution in [-0.4, -0.2) is 75.4 Å². The first-order chi connectivity index (χ1) is 19.5. The van der Waals surface area contributed by atoms with E-state index in [4.69, 9.17) is 9.72 Å². The molecule has 2 aromatic heterocycles. The minimum Gasteiger partial charge on any atom is -0.508 e. The highest BCUT2D eigenvalue weighted by Gasteiger charge is 2.45. The zero-order chi connectivity index (χ0) is 27.0. The largest absolute Gasteiger partial charge is 0.508 e. The maximum absolute atomic E-state index is 16.6. The van der Waals surface area contributed by atoms with Crippen LogP contribution in [0.2, 0.25) is 0 Å². The van der Waals surface area contributed by atoms with Crippen LogP contribution in [0.4, 0.5) is 10.2 Å². The number of phenolic OH excluding ortho intramolecular Hbond substituents is 1. The van der Waals surface area contributed by atoms with Crippen LogP contribution in [0.25, 0.3) is 32.9 Å². The van der Waals surface area contributed by atoms with E-state index in [1.807, 2.05) is 25.1 Å². The second kappa shape index (κ2) is 8.97. The molecule has 0 spiro atoms. The molecule has 2 aromatic carbocycles. The molecule has 4 aromatic rings. The van der Waals surface area contributed by atoms with Gasteiger partial charge >= 0.3 is 6.01 Å². The van der Waals surface area contributed by atoms with Gasteiger partial charge in [0.05, 0.1) is 10.9 Å². The normalized spacial score (nSPS) is 23.5. The highest BCUT2D eigenvalue weighted by Crippen LogP contribution is 2.41. The number of nitrogens with one attached hydrogen (secondary N) is 1. The third-order valence-electron chi connectivity index (χ3n) is 9.57. The smallest absolute Gasteiger partial charge is 0.319 e.